The summed E-state index contributed by atoms with van der Waals surface area (Å²) in [5, 5.41) is 2.37. The zero-order valence-corrected chi connectivity index (χ0v) is 12.7. The van der Waals surface area contributed by atoms with Gasteiger partial charge < -0.3 is 10.1 Å². The maximum Gasteiger partial charge on any atom is 0.407 e. The summed E-state index contributed by atoms with van der Waals surface area (Å²) in [5.74, 6) is -1.32. The lowest BCUT2D eigenvalue weighted by Crippen LogP contribution is -2.27. The van der Waals surface area contributed by atoms with Gasteiger partial charge in [0.25, 0.3) is 0 Å². The fraction of sp³-hybridized carbons (Fsp3) is 0.471. The van der Waals surface area contributed by atoms with E-state index in [1.807, 2.05) is 6.08 Å². The van der Waals surface area contributed by atoms with E-state index in [-0.39, 0.29) is 12.1 Å². The second-order valence-corrected chi connectivity index (χ2v) is 5.00. The van der Waals surface area contributed by atoms with E-state index in [9.17, 15) is 13.6 Å². The van der Waals surface area contributed by atoms with Crippen molar-refractivity contribution >= 4 is 6.09 Å². The number of rotatable bonds is 9. The number of halogens is 2. The molecule has 0 bridgehead atoms. The molecule has 0 radical (unpaired) electrons. The van der Waals surface area contributed by atoms with Crippen molar-refractivity contribution < 1.29 is 18.3 Å². The van der Waals surface area contributed by atoms with Gasteiger partial charge >= 0.3 is 6.09 Å². The molecular formula is C17H23F2NO2. The number of ether oxygens (including phenoxy) is 1. The van der Waals surface area contributed by atoms with Crippen LogP contribution in [0.25, 0.3) is 0 Å². The van der Waals surface area contributed by atoms with Gasteiger partial charge in [-0.25, -0.2) is 13.6 Å². The first-order valence-electron chi connectivity index (χ1n) is 7.58. The van der Waals surface area contributed by atoms with Crippen molar-refractivity contribution in [1.29, 1.82) is 0 Å². The molecule has 0 aromatic rings. The van der Waals surface area contributed by atoms with Crippen LogP contribution in [0.15, 0.2) is 48.1 Å². The van der Waals surface area contributed by atoms with Crippen LogP contribution in [0.5, 0.6) is 0 Å². The summed E-state index contributed by atoms with van der Waals surface area (Å²) in [4.78, 5) is 11.5. The molecule has 1 aliphatic rings. The highest BCUT2D eigenvalue weighted by Crippen LogP contribution is 2.21. The Bertz CT molecular complexity index is 467. The number of carbonyl (C=O) groups excluding carboxylic acids is 1. The Morgan fingerprint density at radius 1 is 1.32 bits per heavy atom. The quantitative estimate of drug-likeness (QED) is 0.486. The molecule has 122 valence electrons. The molecule has 0 fully saturated rings. The van der Waals surface area contributed by atoms with Gasteiger partial charge in [-0.1, -0.05) is 25.0 Å². The van der Waals surface area contributed by atoms with Gasteiger partial charge in [0.1, 0.15) is 11.7 Å². The molecule has 1 aliphatic carbocycles. The molecule has 0 aliphatic heterocycles. The monoisotopic (exact) mass is 311 g/mol. The standard InChI is InChI=1S/C17H23F2NO2/c1-2-3-4-5-6-9-12-22-17(21)20-13-14-15(18)10-7-8-11-16(14)19/h2,7,10-11H,1,3-6,8-9,12-13H2,(H,20,21). The highest BCUT2D eigenvalue weighted by atomic mass is 19.1. The first-order chi connectivity index (χ1) is 10.6. The van der Waals surface area contributed by atoms with Crippen LogP contribution in [0.2, 0.25) is 0 Å². The fourth-order valence-corrected chi connectivity index (χ4v) is 1.97. The molecule has 3 nitrogen and oxygen atoms in total. The predicted octanol–water partition coefficient (Wildman–Crippen LogP) is 4.89. The molecule has 1 N–H and O–H groups in total. The minimum absolute atomic E-state index is 0.157. The molecule has 0 aromatic heterocycles. The third-order valence-electron chi connectivity index (χ3n) is 3.22. The van der Waals surface area contributed by atoms with E-state index >= 15 is 0 Å². The van der Waals surface area contributed by atoms with Crippen LogP contribution in [0.4, 0.5) is 13.6 Å². The fourth-order valence-electron chi connectivity index (χ4n) is 1.97. The van der Waals surface area contributed by atoms with E-state index < -0.39 is 17.7 Å². The third-order valence-corrected chi connectivity index (χ3v) is 3.22. The van der Waals surface area contributed by atoms with Gasteiger partial charge in [0.2, 0.25) is 0 Å². The topological polar surface area (TPSA) is 38.3 Å². The van der Waals surface area contributed by atoms with Crippen LogP contribution in [0, 0.1) is 0 Å². The van der Waals surface area contributed by atoms with Gasteiger partial charge in [0.05, 0.1) is 13.2 Å². The van der Waals surface area contributed by atoms with E-state index in [4.69, 9.17) is 4.74 Å². The van der Waals surface area contributed by atoms with Crippen LogP contribution < -0.4 is 5.32 Å². The van der Waals surface area contributed by atoms with Crippen LogP contribution in [-0.4, -0.2) is 19.2 Å². The van der Waals surface area contributed by atoms with Crippen molar-refractivity contribution in [1.82, 2.24) is 5.32 Å². The number of hydrogen-bond donors (Lipinski definition) is 1. The van der Waals surface area contributed by atoms with E-state index in [1.165, 1.54) is 18.2 Å². The lowest BCUT2D eigenvalue weighted by atomic mass is 10.1. The predicted molar refractivity (Wildman–Crippen MR) is 83.7 cm³/mol. The van der Waals surface area contributed by atoms with Crippen molar-refractivity contribution in [3.63, 3.8) is 0 Å². The van der Waals surface area contributed by atoms with Crippen LogP contribution in [0.1, 0.15) is 38.5 Å². The van der Waals surface area contributed by atoms with Crippen molar-refractivity contribution in [2.45, 2.75) is 38.5 Å². The number of nitrogens with one attached hydrogen (secondary N) is 1. The highest BCUT2D eigenvalue weighted by molar-refractivity contribution is 5.67. The van der Waals surface area contributed by atoms with Gasteiger partial charge in [-0.2, -0.15) is 0 Å². The Hall–Kier alpha value is -1.91. The molecule has 0 saturated carbocycles. The van der Waals surface area contributed by atoms with Crippen LogP contribution in [0.3, 0.4) is 0 Å². The molecule has 5 heteroatoms. The molecular weight excluding hydrogens is 288 g/mol. The van der Waals surface area contributed by atoms with E-state index in [2.05, 4.69) is 11.9 Å². The Balaban J connectivity index is 2.20. The van der Waals surface area contributed by atoms with Crippen LogP contribution in [-0.2, 0) is 4.74 Å². The molecule has 0 aromatic carbocycles. The second-order valence-electron chi connectivity index (χ2n) is 5.00. The van der Waals surface area contributed by atoms with Crippen LogP contribution >= 0.6 is 0 Å². The van der Waals surface area contributed by atoms with Gasteiger partial charge in [-0.15, -0.1) is 6.58 Å². The highest BCUT2D eigenvalue weighted by Gasteiger charge is 2.13. The summed E-state index contributed by atoms with van der Waals surface area (Å²) in [7, 11) is 0. The normalized spacial score (nSPS) is 14.4. The molecule has 22 heavy (non-hydrogen) atoms. The Morgan fingerprint density at radius 2 is 2.09 bits per heavy atom. The zero-order valence-electron chi connectivity index (χ0n) is 12.7. The van der Waals surface area contributed by atoms with Gasteiger partial charge in [0.15, 0.2) is 0 Å². The number of alkyl carbamates (subject to hydrolysis) is 1. The largest absolute Gasteiger partial charge is 0.450 e. The molecule has 1 amide bonds. The lowest BCUT2D eigenvalue weighted by Gasteiger charge is -2.09. The smallest absolute Gasteiger partial charge is 0.407 e. The summed E-state index contributed by atoms with van der Waals surface area (Å²) < 4.78 is 32.1. The number of hydrogen-bond acceptors (Lipinski definition) is 2. The van der Waals surface area contributed by atoms with Crippen molar-refractivity contribution in [2.24, 2.45) is 0 Å². The Morgan fingerprint density at radius 3 is 2.86 bits per heavy atom. The molecule has 0 spiro atoms. The number of allylic oxidation sites excluding steroid dienone is 5. The van der Waals surface area contributed by atoms with Gasteiger partial charge in [0, 0.05) is 5.57 Å². The minimum Gasteiger partial charge on any atom is -0.450 e. The Labute approximate surface area is 130 Å². The van der Waals surface area contributed by atoms with E-state index in [0.717, 1.165) is 32.1 Å². The maximum atomic E-state index is 13.6. The van der Waals surface area contributed by atoms with Crippen molar-refractivity contribution in [3.05, 3.63) is 48.1 Å². The van der Waals surface area contributed by atoms with E-state index in [1.54, 1.807) is 0 Å². The summed E-state index contributed by atoms with van der Waals surface area (Å²) in [6, 6.07) is 0. The molecule has 0 unspecified atom stereocenters. The maximum absolute atomic E-state index is 13.6. The molecule has 0 saturated heterocycles. The molecule has 0 atom stereocenters. The summed E-state index contributed by atoms with van der Waals surface area (Å²) in [6.07, 6.45) is 10.5. The minimum atomic E-state index is -0.672. The summed E-state index contributed by atoms with van der Waals surface area (Å²) in [5.41, 5.74) is -0.157. The Kier molecular flexibility index (Phi) is 8.88. The van der Waals surface area contributed by atoms with Crippen molar-refractivity contribution in [2.75, 3.05) is 13.2 Å². The molecule has 0 heterocycles. The molecule has 1 rings (SSSR count). The van der Waals surface area contributed by atoms with Gasteiger partial charge in [-0.05, 0) is 37.8 Å². The lowest BCUT2D eigenvalue weighted by molar-refractivity contribution is 0.144. The summed E-state index contributed by atoms with van der Waals surface area (Å²) >= 11 is 0. The first-order valence-corrected chi connectivity index (χ1v) is 7.58. The van der Waals surface area contributed by atoms with E-state index in [0.29, 0.717) is 13.0 Å². The zero-order chi connectivity index (χ0) is 16.2. The average Bonchev–Trinajstić information content (AvgIpc) is 2.65. The van der Waals surface area contributed by atoms with Gasteiger partial charge in [-0.3, -0.25) is 0 Å². The second kappa shape index (κ2) is 10.8. The van der Waals surface area contributed by atoms with Crippen molar-refractivity contribution in [3.8, 4) is 0 Å². The average molecular weight is 311 g/mol. The summed E-state index contributed by atoms with van der Waals surface area (Å²) in [6.45, 7) is 3.73. The SMILES string of the molecule is C=CCCCCCCOC(=O)NCC1=C(F)C=CCC=C1F. The number of carbonyl (C=O) groups is 1. The number of amides is 1. The third kappa shape index (κ3) is 7.20. The first kappa shape index (κ1) is 18.1. The number of unbranched alkanes of at least 4 members (excludes halogenated alkanes) is 4.